The second kappa shape index (κ2) is 8.01. The zero-order valence-electron chi connectivity index (χ0n) is 19.8. The number of piperazine rings is 1. The molecule has 0 radical (unpaired) electrons. The predicted molar refractivity (Wildman–Crippen MR) is 134 cm³/mol. The molecule has 2 amide bonds. The van der Waals surface area contributed by atoms with Gasteiger partial charge in [0.2, 0.25) is 5.91 Å². The van der Waals surface area contributed by atoms with Gasteiger partial charge in [0.15, 0.2) is 5.54 Å². The highest BCUT2D eigenvalue weighted by atomic mass is 16.5. The van der Waals surface area contributed by atoms with Gasteiger partial charge in [-0.05, 0) is 41.8 Å². The third-order valence-electron chi connectivity index (χ3n) is 7.55. The van der Waals surface area contributed by atoms with Gasteiger partial charge in [0, 0.05) is 29.9 Å². The summed E-state index contributed by atoms with van der Waals surface area (Å²) in [5.41, 5.74) is 3.87. The standard InChI is InChI=1S/C29H27N3O3/c1-29-27-26(22-10-6-7-11-24(22)30-27)23(20-12-14-21(35-2)15-13-20)17-32(29)25(33)18-31(28(29)34)16-19-8-4-3-5-9-19/h3-15,23,30H,16-18H2,1-2H3. The van der Waals surface area contributed by atoms with Crippen LogP contribution in [0.25, 0.3) is 10.9 Å². The lowest BCUT2D eigenvalue weighted by Gasteiger charge is -2.51. The molecule has 2 atom stereocenters. The Morgan fingerprint density at radius 3 is 2.43 bits per heavy atom. The summed E-state index contributed by atoms with van der Waals surface area (Å²) in [4.78, 5) is 34.7. The summed E-state index contributed by atoms with van der Waals surface area (Å²) in [6, 6.07) is 26.0. The Morgan fingerprint density at radius 2 is 1.69 bits per heavy atom. The van der Waals surface area contributed by atoms with Gasteiger partial charge >= 0.3 is 0 Å². The number of carbonyl (C=O) groups excluding carboxylic acids is 2. The van der Waals surface area contributed by atoms with Gasteiger partial charge in [0.25, 0.3) is 5.91 Å². The Balaban J connectivity index is 1.50. The number of nitrogens with zero attached hydrogens (tertiary/aromatic N) is 2. The second-order valence-electron chi connectivity index (χ2n) is 9.51. The van der Waals surface area contributed by atoms with Gasteiger partial charge < -0.3 is 19.5 Å². The maximum Gasteiger partial charge on any atom is 0.255 e. The molecule has 1 fully saturated rings. The van der Waals surface area contributed by atoms with Gasteiger partial charge in [0.1, 0.15) is 12.3 Å². The molecule has 1 saturated heterocycles. The summed E-state index contributed by atoms with van der Waals surface area (Å²) < 4.78 is 5.35. The Morgan fingerprint density at radius 1 is 0.971 bits per heavy atom. The van der Waals surface area contributed by atoms with Crippen LogP contribution in [0, 0.1) is 0 Å². The molecule has 6 heteroatoms. The number of benzene rings is 3. The van der Waals surface area contributed by atoms with Crippen LogP contribution in [0.5, 0.6) is 5.75 Å². The molecule has 176 valence electrons. The van der Waals surface area contributed by atoms with Crippen LogP contribution in [-0.4, -0.2) is 46.8 Å². The Bertz CT molecular complexity index is 1430. The molecule has 1 N–H and O–H groups in total. The number of fused-ring (bicyclic) bond motifs is 5. The van der Waals surface area contributed by atoms with Gasteiger partial charge in [-0.1, -0.05) is 60.7 Å². The number of carbonyl (C=O) groups is 2. The van der Waals surface area contributed by atoms with Crippen LogP contribution >= 0.6 is 0 Å². The van der Waals surface area contributed by atoms with Gasteiger partial charge in [-0.25, -0.2) is 0 Å². The van der Waals surface area contributed by atoms with Gasteiger partial charge in [-0.2, -0.15) is 0 Å². The Hall–Kier alpha value is -4.06. The minimum absolute atomic E-state index is 0.0363. The fourth-order valence-electron chi connectivity index (χ4n) is 5.74. The van der Waals surface area contributed by atoms with E-state index in [4.69, 9.17) is 4.74 Å². The topological polar surface area (TPSA) is 65.6 Å². The van der Waals surface area contributed by atoms with Crippen LogP contribution in [0.2, 0.25) is 0 Å². The van der Waals surface area contributed by atoms with E-state index in [1.807, 2.05) is 67.6 Å². The van der Waals surface area contributed by atoms with Crippen LogP contribution in [0.3, 0.4) is 0 Å². The van der Waals surface area contributed by atoms with Crippen molar-refractivity contribution in [2.24, 2.45) is 0 Å². The molecule has 0 aliphatic carbocycles. The van der Waals surface area contributed by atoms with Crippen LogP contribution < -0.4 is 4.74 Å². The van der Waals surface area contributed by atoms with E-state index in [1.54, 1.807) is 16.9 Å². The Labute approximate surface area is 204 Å². The van der Waals surface area contributed by atoms with Gasteiger partial charge in [-0.3, -0.25) is 9.59 Å². The molecule has 1 aromatic heterocycles. The summed E-state index contributed by atoms with van der Waals surface area (Å²) in [7, 11) is 1.65. The summed E-state index contributed by atoms with van der Waals surface area (Å²) in [6.07, 6.45) is 0. The lowest BCUT2D eigenvalue weighted by atomic mass is 9.76. The zero-order valence-corrected chi connectivity index (χ0v) is 19.8. The quantitative estimate of drug-likeness (QED) is 0.486. The van der Waals surface area contributed by atoms with Crippen molar-refractivity contribution in [3.8, 4) is 5.75 Å². The number of hydrogen-bond donors (Lipinski definition) is 1. The number of aromatic nitrogens is 1. The average molecular weight is 466 g/mol. The second-order valence-corrected chi connectivity index (χ2v) is 9.51. The van der Waals surface area contributed by atoms with E-state index in [0.29, 0.717) is 13.1 Å². The molecular weight excluding hydrogens is 438 g/mol. The fraction of sp³-hybridized carbons (Fsp3) is 0.241. The largest absolute Gasteiger partial charge is 0.497 e. The lowest BCUT2D eigenvalue weighted by molar-refractivity contribution is -0.166. The number of amides is 2. The maximum absolute atomic E-state index is 14.1. The summed E-state index contributed by atoms with van der Waals surface area (Å²) >= 11 is 0. The SMILES string of the molecule is COc1ccc(C2CN3C(=O)CN(Cc4ccccc4)C(=O)C3(C)c3[nH]c4ccccc4c32)cc1. The van der Waals surface area contributed by atoms with E-state index in [0.717, 1.165) is 39.0 Å². The highest BCUT2D eigenvalue weighted by Gasteiger charge is 2.56. The van der Waals surface area contributed by atoms with Crippen molar-refractivity contribution in [1.29, 1.82) is 0 Å². The van der Waals surface area contributed by atoms with Crippen LogP contribution in [0.15, 0.2) is 78.9 Å². The first-order valence-corrected chi connectivity index (χ1v) is 11.9. The summed E-state index contributed by atoms with van der Waals surface area (Å²) in [5, 5.41) is 1.09. The average Bonchev–Trinajstić information content (AvgIpc) is 3.29. The number of rotatable bonds is 4. The molecular formula is C29H27N3O3. The first kappa shape index (κ1) is 21.5. The third kappa shape index (κ3) is 3.24. The number of aromatic amines is 1. The highest BCUT2D eigenvalue weighted by molar-refractivity contribution is 6.01. The van der Waals surface area contributed by atoms with E-state index in [1.165, 1.54) is 0 Å². The van der Waals surface area contributed by atoms with Crippen molar-refractivity contribution in [1.82, 2.24) is 14.8 Å². The van der Waals surface area contributed by atoms with Crippen molar-refractivity contribution in [2.75, 3.05) is 20.2 Å². The van der Waals surface area contributed by atoms with E-state index in [-0.39, 0.29) is 24.3 Å². The van der Waals surface area contributed by atoms with Gasteiger partial charge in [0.05, 0.1) is 12.8 Å². The first-order valence-electron chi connectivity index (χ1n) is 11.9. The third-order valence-corrected chi connectivity index (χ3v) is 7.55. The minimum Gasteiger partial charge on any atom is -0.497 e. The first-order chi connectivity index (χ1) is 17.0. The van der Waals surface area contributed by atoms with Crippen molar-refractivity contribution in [3.05, 3.63) is 101 Å². The number of ether oxygens (including phenoxy) is 1. The zero-order chi connectivity index (χ0) is 24.2. The van der Waals surface area contributed by atoms with Crippen LogP contribution in [-0.2, 0) is 21.7 Å². The van der Waals surface area contributed by atoms with Crippen molar-refractivity contribution < 1.29 is 14.3 Å². The molecule has 2 aliphatic rings. The molecule has 6 nitrogen and oxygen atoms in total. The monoisotopic (exact) mass is 465 g/mol. The number of hydrogen-bond acceptors (Lipinski definition) is 3. The molecule has 0 bridgehead atoms. The molecule has 2 aliphatic heterocycles. The van der Waals surface area contributed by atoms with Crippen molar-refractivity contribution in [2.45, 2.75) is 24.9 Å². The van der Waals surface area contributed by atoms with E-state index in [9.17, 15) is 9.59 Å². The lowest BCUT2D eigenvalue weighted by Crippen LogP contribution is -2.67. The molecule has 3 aromatic carbocycles. The summed E-state index contributed by atoms with van der Waals surface area (Å²) in [6.45, 7) is 2.82. The number of methoxy groups -OCH3 is 1. The molecule has 0 saturated carbocycles. The van der Waals surface area contributed by atoms with Crippen LogP contribution in [0.4, 0.5) is 0 Å². The molecule has 0 spiro atoms. The highest BCUT2D eigenvalue weighted by Crippen LogP contribution is 2.48. The molecule has 3 heterocycles. The molecule has 2 unspecified atom stereocenters. The normalized spacial score (nSPS) is 21.7. The van der Waals surface area contributed by atoms with Crippen molar-refractivity contribution >= 4 is 22.7 Å². The maximum atomic E-state index is 14.1. The van der Waals surface area contributed by atoms with Gasteiger partial charge in [-0.15, -0.1) is 0 Å². The molecule has 6 rings (SSSR count). The smallest absolute Gasteiger partial charge is 0.255 e. The number of nitrogens with one attached hydrogen (secondary N) is 1. The Kier molecular flexibility index (Phi) is 4.92. The van der Waals surface area contributed by atoms with E-state index in [2.05, 4.69) is 23.2 Å². The molecule has 4 aromatic rings. The van der Waals surface area contributed by atoms with E-state index >= 15 is 0 Å². The summed E-state index contributed by atoms with van der Waals surface area (Å²) in [5.74, 6) is 0.639. The number of H-pyrrole nitrogens is 1. The predicted octanol–water partition coefficient (Wildman–Crippen LogP) is 4.41. The minimum atomic E-state index is -1.10. The molecule has 35 heavy (non-hydrogen) atoms. The van der Waals surface area contributed by atoms with Crippen LogP contribution in [0.1, 0.15) is 35.2 Å². The van der Waals surface area contributed by atoms with Crippen molar-refractivity contribution in [3.63, 3.8) is 0 Å². The number of para-hydroxylation sites is 1. The fourth-order valence-corrected chi connectivity index (χ4v) is 5.74. The van der Waals surface area contributed by atoms with E-state index < -0.39 is 5.54 Å².